The van der Waals surface area contributed by atoms with Gasteiger partial charge in [0, 0.05) is 38.7 Å². The van der Waals surface area contributed by atoms with Crippen molar-refractivity contribution in [1.29, 1.82) is 0 Å². The van der Waals surface area contributed by atoms with Gasteiger partial charge in [0.2, 0.25) is 5.69 Å². The monoisotopic (exact) mass is 528 g/mol. The predicted molar refractivity (Wildman–Crippen MR) is 139 cm³/mol. The van der Waals surface area contributed by atoms with Gasteiger partial charge in [0.25, 0.3) is 0 Å². The summed E-state index contributed by atoms with van der Waals surface area (Å²) in [5.41, 5.74) is 6.75. The Morgan fingerprint density at radius 1 is 1.21 bits per heavy atom. The highest BCUT2D eigenvalue weighted by molar-refractivity contribution is 6.31. The number of H-pyrrole nitrogens is 1. The van der Waals surface area contributed by atoms with E-state index in [2.05, 4.69) is 25.8 Å². The Morgan fingerprint density at radius 3 is 2.76 bits per heavy atom. The number of pyridine rings is 1. The summed E-state index contributed by atoms with van der Waals surface area (Å²) in [5, 5.41) is 36.6. The number of fused-ring (bicyclic) bond motifs is 1. The van der Waals surface area contributed by atoms with Gasteiger partial charge < -0.3 is 15.3 Å². The van der Waals surface area contributed by atoms with Crippen molar-refractivity contribution in [3.8, 4) is 28.1 Å². The highest BCUT2D eigenvalue weighted by Crippen LogP contribution is 2.39. The lowest BCUT2D eigenvalue weighted by atomic mass is 10.0. The van der Waals surface area contributed by atoms with E-state index in [-0.39, 0.29) is 5.92 Å². The number of aryl methyl sites for hydroxylation is 2. The number of halogens is 1. The number of hydrogen-bond acceptors (Lipinski definition) is 6. The molecule has 0 spiro atoms. The van der Waals surface area contributed by atoms with Crippen molar-refractivity contribution in [3.63, 3.8) is 0 Å². The van der Waals surface area contributed by atoms with Crippen LogP contribution in [0.2, 0.25) is 5.02 Å². The van der Waals surface area contributed by atoms with Crippen LogP contribution >= 0.6 is 11.6 Å². The smallest absolute Gasteiger partial charge is 0.409 e. The number of aromatic nitrogens is 7. The Morgan fingerprint density at radius 2 is 2.03 bits per heavy atom. The standard InChI is InChI=1S/C26H21ClN8O3/c1-14-23(15-2-6-19(7-3-15)30-26(36)37)31-25(29-14)20-8-4-16-10-17(12-35(38)24(16)20)21-11-18(27)5-9-22(21)34-13-28-32-33-34/h2-3,5-7,9-13,20,30H,4,8H2,1H3,(H,29,31)(H,36,37). The zero-order chi connectivity index (χ0) is 26.4. The van der Waals surface area contributed by atoms with Crippen LogP contribution in [0.1, 0.15) is 35.1 Å². The number of tetrazole rings is 1. The molecule has 0 saturated carbocycles. The SMILES string of the molecule is Cc1[nH]c(C2CCc3cc(-c4cc(Cl)ccc4-n4cnnn4)c[n+]([O-])c32)nc1-c1ccc(NC(=O)O)cc1. The van der Waals surface area contributed by atoms with E-state index in [1.54, 1.807) is 30.5 Å². The second kappa shape index (κ2) is 9.27. The van der Waals surface area contributed by atoms with E-state index in [1.165, 1.54) is 11.0 Å². The van der Waals surface area contributed by atoms with Crippen LogP contribution in [0.3, 0.4) is 0 Å². The topological polar surface area (TPSA) is 149 Å². The molecule has 0 aliphatic heterocycles. The third-order valence-corrected chi connectivity index (χ3v) is 6.93. The summed E-state index contributed by atoms with van der Waals surface area (Å²) in [6, 6.07) is 14.4. The predicted octanol–water partition coefficient (Wildman–Crippen LogP) is 4.48. The lowest BCUT2D eigenvalue weighted by Gasteiger charge is -2.13. The first kappa shape index (κ1) is 23.6. The molecule has 3 heterocycles. The lowest BCUT2D eigenvalue weighted by molar-refractivity contribution is -0.614. The molecule has 1 unspecified atom stereocenters. The number of benzene rings is 2. The summed E-state index contributed by atoms with van der Waals surface area (Å²) in [4.78, 5) is 19.1. The highest BCUT2D eigenvalue weighted by Gasteiger charge is 2.35. The van der Waals surface area contributed by atoms with Crippen LogP contribution in [0.25, 0.3) is 28.1 Å². The molecule has 190 valence electrons. The first-order valence-corrected chi connectivity index (χ1v) is 12.2. The van der Waals surface area contributed by atoms with E-state index in [0.29, 0.717) is 22.1 Å². The fraction of sp³-hybridized carbons (Fsp3) is 0.154. The maximum absolute atomic E-state index is 13.4. The van der Waals surface area contributed by atoms with E-state index in [4.69, 9.17) is 21.7 Å². The summed E-state index contributed by atoms with van der Waals surface area (Å²) in [5.74, 6) is 0.536. The molecular weight excluding hydrogens is 508 g/mol. The molecule has 1 aliphatic rings. The van der Waals surface area contributed by atoms with Gasteiger partial charge in [-0.05, 0) is 66.6 Å². The third kappa shape index (κ3) is 4.22. The minimum absolute atomic E-state index is 0.185. The number of nitrogens with one attached hydrogen (secondary N) is 2. The van der Waals surface area contributed by atoms with Gasteiger partial charge in [0.05, 0.1) is 11.4 Å². The number of carbonyl (C=O) groups is 1. The highest BCUT2D eigenvalue weighted by atomic mass is 35.5. The van der Waals surface area contributed by atoms with Crippen LogP contribution < -0.4 is 10.0 Å². The summed E-state index contributed by atoms with van der Waals surface area (Å²) >= 11 is 6.30. The zero-order valence-electron chi connectivity index (χ0n) is 20.1. The summed E-state index contributed by atoms with van der Waals surface area (Å²) < 4.78 is 2.46. The second-order valence-corrected chi connectivity index (χ2v) is 9.51. The third-order valence-electron chi connectivity index (χ3n) is 6.69. The maximum Gasteiger partial charge on any atom is 0.409 e. The average Bonchev–Trinajstić information content (AvgIpc) is 3.64. The number of imidazole rings is 1. The second-order valence-electron chi connectivity index (χ2n) is 9.08. The molecule has 1 aliphatic carbocycles. The Kier molecular flexibility index (Phi) is 5.76. The summed E-state index contributed by atoms with van der Waals surface area (Å²) in [6.45, 7) is 1.93. The molecule has 3 aromatic heterocycles. The number of nitrogens with zero attached hydrogens (tertiary/aromatic N) is 6. The van der Waals surface area contributed by atoms with Gasteiger partial charge in [-0.15, -0.1) is 5.10 Å². The van der Waals surface area contributed by atoms with Crippen molar-refractivity contribution in [2.75, 3.05) is 5.32 Å². The quantitative estimate of drug-likeness (QED) is 0.225. The largest absolute Gasteiger partial charge is 0.618 e. The minimum Gasteiger partial charge on any atom is -0.618 e. The molecule has 11 nitrogen and oxygen atoms in total. The number of carboxylic acid groups (broad SMARTS) is 1. The van der Waals surface area contributed by atoms with Crippen LogP contribution in [0.5, 0.6) is 0 Å². The van der Waals surface area contributed by atoms with Gasteiger partial charge in [0.15, 0.2) is 6.20 Å². The van der Waals surface area contributed by atoms with E-state index in [1.807, 2.05) is 31.2 Å². The average molecular weight is 529 g/mol. The van der Waals surface area contributed by atoms with Gasteiger partial charge in [0.1, 0.15) is 18.1 Å². The number of aromatic amines is 1. The molecule has 0 fully saturated rings. The van der Waals surface area contributed by atoms with Crippen LogP contribution in [0.4, 0.5) is 10.5 Å². The fourth-order valence-electron chi connectivity index (χ4n) is 5.04. The van der Waals surface area contributed by atoms with Crippen LogP contribution in [-0.2, 0) is 6.42 Å². The van der Waals surface area contributed by atoms with Crippen molar-refractivity contribution < 1.29 is 14.6 Å². The zero-order valence-corrected chi connectivity index (χ0v) is 20.8. The van der Waals surface area contributed by atoms with Gasteiger partial charge >= 0.3 is 6.09 Å². The van der Waals surface area contributed by atoms with Crippen LogP contribution in [0, 0.1) is 12.1 Å². The molecule has 5 aromatic rings. The molecule has 3 N–H and O–H groups in total. The van der Waals surface area contributed by atoms with Crippen molar-refractivity contribution >= 4 is 23.4 Å². The molecule has 38 heavy (non-hydrogen) atoms. The Labute approximate surface area is 221 Å². The molecule has 6 rings (SSSR count). The summed E-state index contributed by atoms with van der Waals surface area (Å²) in [7, 11) is 0. The number of amides is 1. The molecule has 2 aromatic carbocycles. The van der Waals surface area contributed by atoms with E-state index in [0.717, 1.165) is 57.0 Å². The number of hydrogen-bond donors (Lipinski definition) is 3. The van der Waals surface area contributed by atoms with Crippen molar-refractivity contribution in [1.82, 2.24) is 30.2 Å². The Hall–Kier alpha value is -4.77. The molecule has 1 amide bonds. The minimum atomic E-state index is -1.12. The molecule has 0 radical (unpaired) electrons. The van der Waals surface area contributed by atoms with Crippen molar-refractivity contribution in [3.05, 3.63) is 94.1 Å². The number of rotatable bonds is 5. The molecule has 1 atom stereocenters. The van der Waals surface area contributed by atoms with E-state index < -0.39 is 6.09 Å². The van der Waals surface area contributed by atoms with E-state index >= 15 is 0 Å². The Balaban J connectivity index is 1.34. The van der Waals surface area contributed by atoms with Gasteiger partial charge in [-0.25, -0.2) is 9.78 Å². The van der Waals surface area contributed by atoms with Crippen molar-refractivity contribution in [2.24, 2.45) is 0 Å². The normalized spacial score (nSPS) is 14.4. The lowest BCUT2D eigenvalue weighted by Crippen LogP contribution is -2.33. The van der Waals surface area contributed by atoms with Gasteiger partial charge in [-0.2, -0.15) is 9.41 Å². The Bertz CT molecular complexity index is 1670. The first-order valence-electron chi connectivity index (χ1n) is 11.8. The molecule has 0 bridgehead atoms. The maximum atomic E-state index is 13.4. The number of anilines is 1. The molecule has 12 heteroatoms. The molecule has 0 saturated heterocycles. The molecular formula is C26H21ClN8O3. The van der Waals surface area contributed by atoms with E-state index in [9.17, 15) is 10.0 Å². The van der Waals surface area contributed by atoms with Crippen LogP contribution in [0.15, 0.2) is 61.1 Å². The van der Waals surface area contributed by atoms with Crippen LogP contribution in [-0.4, -0.2) is 41.4 Å². The van der Waals surface area contributed by atoms with Crippen molar-refractivity contribution in [2.45, 2.75) is 25.7 Å². The van der Waals surface area contributed by atoms with Gasteiger partial charge in [-0.3, -0.25) is 5.32 Å². The first-order chi connectivity index (χ1) is 18.4. The fourth-order valence-corrected chi connectivity index (χ4v) is 5.21. The van der Waals surface area contributed by atoms with Gasteiger partial charge in [-0.1, -0.05) is 23.7 Å². The summed E-state index contributed by atoms with van der Waals surface area (Å²) in [6.07, 6.45) is 3.40.